The van der Waals surface area contributed by atoms with E-state index in [4.69, 9.17) is 14.2 Å². The molecule has 4 aliphatic rings. The SMILES string of the molecule is CCc1ccc(F)c2c1[C@]13CCN(C)[C@@H]1C=C[C@H](OC1C[C@@H](O)[C@H](O)[C@@H](C(=O)O)O1)[C@@H]3O2. The van der Waals surface area contributed by atoms with Crippen molar-refractivity contribution in [3.8, 4) is 5.75 Å². The second-order valence-electron chi connectivity index (χ2n) is 9.12. The van der Waals surface area contributed by atoms with Crippen molar-refractivity contribution in [2.75, 3.05) is 13.6 Å². The molecule has 3 heterocycles. The summed E-state index contributed by atoms with van der Waals surface area (Å²) in [5.41, 5.74) is 1.42. The van der Waals surface area contributed by atoms with Crippen LogP contribution in [0, 0.1) is 5.82 Å². The number of halogens is 1. The number of aliphatic carboxylic acids is 1. The summed E-state index contributed by atoms with van der Waals surface area (Å²) < 4.78 is 32.7. The van der Waals surface area contributed by atoms with Crippen LogP contribution in [0.3, 0.4) is 0 Å². The van der Waals surface area contributed by atoms with Gasteiger partial charge in [-0.05, 0) is 38.1 Å². The summed E-state index contributed by atoms with van der Waals surface area (Å²) in [6.07, 6.45) is -1.36. The van der Waals surface area contributed by atoms with E-state index in [0.29, 0.717) is 0 Å². The second-order valence-corrected chi connectivity index (χ2v) is 9.12. The van der Waals surface area contributed by atoms with E-state index in [1.165, 1.54) is 6.07 Å². The van der Waals surface area contributed by atoms with Gasteiger partial charge in [-0.15, -0.1) is 0 Å². The fourth-order valence-electron chi connectivity index (χ4n) is 5.93. The first-order valence-electron chi connectivity index (χ1n) is 11.0. The third-order valence-electron chi connectivity index (χ3n) is 7.45. The number of aliphatic hydroxyl groups is 2. The maximum Gasteiger partial charge on any atom is 0.335 e. The molecule has 0 aromatic heterocycles. The number of likely N-dealkylation sites (N-methyl/N-ethyl adjacent to an activating group) is 1. The summed E-state index contributed by atoms with van der Waals surface area (Å²) >= 11 is 0. The summed E-state index contributed by atoms with van der Waals surface area (Å²) in [5.74, 6) is -1.53. The highest BCUT2D eigenvalue weighted by Crippen LogP contribution is 2.57. The van der Waals surface area contributed by atoms with E-state index in [-0.39, 0.29) is 18.2 Å². The van der Waals surface area contributed by atoms with Gasteiger partial charge in [-0.25, -0.2) is 9.18 Å². The highest BCUT2D eigenvalue weighted by atomic mass is 19.1. The number of carbonyl (C=O) groups is 1. The molecule has 1 unspecified atom stereocenters. The van der Waals surface area contributed by atoms with Gasteiger partial charge >= 0.3 is 5.97 Å². The van der Waals surface area contributed by atoms with Crippen LogP contribution in [0.1, 0.15) is 30.9 Å². The molecule has 5 rings (SSSR count). The Labute approximate surface area is 185 Å². The fraction of sp³-hybridized carbons (Fsp3) is 0.609. The van der Waals surface area contributed by atoms with Gasteiger partial charge in [-0.1, -0.05) is 25.1 Å². The number of aryl methyl sites for hydroxylation is 1. The topological polar surface area (TPSA) is 109 Å². The lowest BCUT2D eigenvalue weighted by molar-refractivity contribution is -0.266. The number of rotatable bonds is 4. The standard InChI is InChI=1S/C23H28FNO7/c1-3-11-4-5-12(24)19-17(11)23-8-9-25(2)15(23)7-6-14(21(23)32-19)30-16-10-13(26)18(27)20(31-16)22(28)29/h4-7,13-16,18,20-21,26-27H,3,8-10H2,1-2H3,(H,28,29)/t13-,14+,15-,16?,18+,20+,21+,23+/m1/s1. The first-order valence-corrected chi connectivity index (χ1v) is 11.0. The van der Waals surface area contributed by atoms with Crippen LogP contribution >= 0.6 is 0 Å². The number of carboxylic acids is 1. The molecule has 2 fully saturated rings. The van der Waals surface area contributed by atoms with Crippen molar-refractivity contribution >= 4 is 5.97 Å². The molecule has 0 radical (unpaired) electrons. The average molecular weight is 449 g/mol. The highest BCUT2D eigenvalue weighted by Gasteiger charge is 2.63. The first-order chi connectivity index (χ1) is 15.3. The van der Waals surface area contributed by atoms with Crippen molar-refractivity contribution in [1.29, 1.82) is 0 Å². The monoisotopic (exact) mass is 449 g/mol. The van der Waals surface area contributed by atoms with Crippen LogP contribution in [0.2, 0.25) is 0 Å². The molecular weight excluding hydrogens is 421 g/mol. The molecule has 174 valence electrons. The Morgan fingerprint density at radius 3 is 2.84 bits per heavy atom. The number of aliphatic hydroxyl groups excluding tert-OH is 2. The third-order valence-corrected chi connectivity index (χ3v) is 7.45. The number of ether oxygens (including phenoxy) is 3. The Kier molecular flexibility index (Phi) is 5.29. The molecule has 8 atom stereocenters. The summed E-state index contributed by atoms with van der Waals surface area (Å²) in [4.78, 5) is 13.7. The number of fused-ring (bicyclic) bond motifs is 1. The molecule has 1 aromatic rings. The molecule has 0 bridgehead atoms. The van der Waals surface area contributed by atoms with Crippen LogP contribution in [0.5, 0.6) is 5.75 Å². The Bertz CT molecular complexity index is 955. The van der Waals surface area contributed by atoms with Gasteiger partial charge in [0.25, 0.3) is 0 Å². The van der Waals surface area contributed by atoms with Crippen LogP contribution in [0.4, 0.5) is 4.39 Å². The minimum Gasteiger partial charge on any atom is -0.483 e. The summed E-state index contributed by atoms with van der Waals surface area (Å²) in [5, 5.41) is 29.4. The Morgan fingerprint density at radius 2 is 2.12 bits per heavy atom. The Morgan fingerprint density at radius 1 is 1.34 bits per heavy atom. The largest absolute Gasteiger partial charge is 0.483 e. The predicted octanol–water partition coefficient (Wildman–Crippen LogP) is 0.967. The molecule has 3 aliphatic heterocycles. The molecular formula is C23H28FNO7. The van der Waals surface area contributed by atoms with Gasteiger partial charge in [-0.3, -0.25) is 4.90 Å². The molecule has 1 aliphatic carbocycles. The van der Waals surface area contributed by atoms with Gasteiger partial charge in [0.1, 0.15) is 18.3 Å². The number of hydrogen-bond acceptors (Lipinski definition) is 7. The van der Waals surface area contributed by atoms with E-state index in [0.717, 1.165) is 30.5 Å². The third kappa shape index (κ3) is 3.03. The summed E-state index contributed by atoms with van der Waals surface area (Å²) in [6.45, 7) is 2.85. The molecule has 0 amide bonds. The number of carboxylic acid groups (broad SMARTS) is 1. The van der Waals surface area contributed by atoms with E-state index in [1.54, 1.807) is 0 Å². The molecule has 9 heteroatoms. The summed E-state index contributed by atoms with van der Waals surface area (Å²) in [6, 6.07) is 3.26. The smallest absolute Gasteiger partial charge is 0.335 e. The molecule has 3 N–H and O–H groups in total. The summed E-state index contributed by atoms with van der Waals surface area (Å²) in [7, 11) is 2.03. The van der Waals surface area contributed by atoms with E-state index in [1.807, 2.05) is 32.2 Å². The predicted molar refractivity (Wildman–Crippen MR) is 110 cm³/mol. The molecule has 1 aromatic carbocycles. The molecule has 2 saturated heterocycles. The second kappa shape index (κ2) is 7.78. The fourth-order valence-corrected chi connectivity index (χ4v) is 5.93. The van der Waals surface area contributed by atoms with E-state index in [9.17, 15) is 24.5 Å². The Balaban J connectivity index is 1.50. The van der Waals surface area contributed by atoms with Gasteiger partial charge in [0.2, 0.25) is 0 Å². The minimum atomic E-state index is -1.60. The van der Waals surface area contributed by atoms with Gasteiger partial charge in [-0.2, -0.15) is 0 Å². The molecule has 1 spiro atoms. The molecule has 8 nitrogen and oxygen atoms in total. The molecule has 32 heavy (non-hydrogen) atoms. The van der Waals surface area contributed by atoms with Crippen molar-refractivity contribution in [2.24, 2.45) is 0 Å². The highest BCUT2D eigenvalue weighted by molar-refractivity contribution is 5.73. The Hall–Kier alpha value is -2.04. The van der Waals surface area contributed by atoms with Crippen molar-refractivity contribution in [3.05, 3.63) is 41.2 Å². The quantitative estimate of drug-likeness (QED) is 0.584. The average Bonchev–Trinajstić information content (AvgIpc) is 3.29. The number of nitrogens with zero attached hydrogens (tertiary/aromatic N) is 1. The zero-order valence-electron chi connectivity index (χ0n) is 18.0. The van der Waals surface area contributed by atoms with Gasteiger partial charge in [0.15, 0.2) is 24.0 Å². The molecule has 0 saturated carbocycles. The van der Waals surface area contributed by atoms with Crippen LogP contribution in [-0.4, -0.2) is 82.6 Å². The zero-order valence-corrected chi connectivity index (χ0v) is 18.0. The van der Waals surface area contributed by atoms with Crippen LogP contribution in [0.25, 0.3) is 0 Å². The number of benzene rings is 1. The number of likely N-dealkylation sites (tertiary alicyclic amines) is 1. The normalized spacial score (nSPS) is 40.5. The van der Waals surface area contributed by atoms with Crippen molar-refractivity contribution < 1.29 is 38.7 Å². The van der Waals surface area contributed by atoms with E-state index in [2.05, 4.69) is 4.90 Å². The van der Waals surface area contributed by atoms with Crippen LogP contribution in [-0.2, 0) is 26.1 Å². The lowest BCUT2D eigenvalue weighted by atomic mass is 9.65. The van der Waals surface area contributed by atoms with Gasteiger partial charge in [0, 0.05) is 18.0 Å². The zero-order chi connectivity index (χ0) is 22.8. The lowest BCUT2D eigenvalue weighted by Crippen LogP contribution is -2.58. The maximum absolute atomic E-state index is 14.9. The van der Waals surface area contributed by atoms with Crippen LogP contribution in [0.15, 0.2) is 24.3 Å². The minimum absolute atomic E-state index is 0.00662. The lowest BCUT2D eigenvalue weighted by Gasteiger charge is -2.44. The van der Waals surface area contributed by atoms with Crippen molar-refractivity contribution in [3.63, 3.8) is 0 Å². The van der Waals surface area contributed by atoms with Crippen LogP contribution < -0.4 is 4.74 Å². The van der Waals surface area contributed by atoms with Crippen molar-refractivity contribution in [1.82, 2.24) is 4.90 Å². The number of hydrogen-bond donors (Lipinski definition) is 3. The van der Waals surface area contributed by atoms with E-state index < -0.39 is 54.0 Å². The van der Waals surface area contributed by atoms with E-state index >= 15 is 0 Å². The van der Waals surface area contributed by atoms with Gasteiger partial charge in [0.05, 0.1) is 11.5 Å². The van der Waals surface area contributed by atoms with Gasteiger partial charge < -0.3 is 29.5 Å². The first kappa shape index (κ1) is 21.8. The maximum atomic E-state index is 14.9. The van der Waals surface area contributed by atoms with Crippen molar-refractivity contribution in [2.45, 2.75) is 74.5 Å².